The summed E-state index contributed by atoms with van der Waals surface area (Å²) in [7, 11) is -3.54. The van der Waals surface area contributed by atoms with E-state index in [1.54, 1.807) is 12.1 Å². The number of hydrogen-bond acceptors (Lipinski definition) is 4. The number of rotatable bonds is 3. The Hall–Kier alpha value is -1.73. The second-order valence-electron chi connectivity index (χ2n) is 6.95. The van der Waals surface area contributed by atoms with E-state index in [1.165, 1.54) is 4.31 Å². The predicted molar refractivity (Wildman–Crippen MR) is 95.6 cm³/mol. The molecule has 2 unspecified atom stereocenters. The van der Waals surface area contributed by atoms with Crippen molar-refractivity contribution in [2.45, 2.75) is 23.5 Å². The third-order valence-corrected chi connectivity index (χ3v) is 7.26. The molecule has 5 nitrogen and oxygen atoms in total. The lowest BCUT2D eigenvalue weighted by Crippen LogP contribution is -2.74. The molecule has 0 saturated carbocycles. The number of aryl methyl sites for hydroxylation is 1. The summed E-state index contributed by atoms with van der Waals surface area (Å²) in [5, 5.41) is 11.1. The first kappa shape index (κ1) is 16.7. The molecule has 6 heteroatoms. The summed E-state index contributed by atoms with van der Waals surface area (Å²) in [6, 6.07) is 16.3. The Bertz CT molecular complexity index is 867. The van der Waals surface area contributed by atoms with Crippen LogP contribution >= 0.6 is 0 Å². The van der Waals surface area contributed by atoms with Crippen LogP contribution in [-0.4, -0.2) is 55.0 Å². The maximum atomic E-state index is 12.9. The maximum Gasteiger partial charge on any atom is 0.243 e. The van der Waals surface area contributed by atoms with Gasteiger partial charge in [-0.3, -0.25) is 4.90 Å². The average molecular weight is 358 g/mol. The molecule has 2 heterocycles. The first-order valence-corrected chi connectivity index (χ1v) is 9.94. The van der Waals surface area contributed by atoms with E-state index >= 15 is 0 Å². The highest BCUT2D eigenvalue weighted by atomic mass is 32.2. The molecule has 2 saturated heterocycles. The lowest BCUT2D eigenvalue weighted by molar-refractivity contribution is -0.175. The van der Waals surface area contributed by atoms with E-state index in [0.29, 0.717) is 31.1 Å². The van der Waals surface area contributed by atoms with Crippen molar-refractivity contribution in [1.82, 2.24) is 9.21 Å². The van der Waals surface area contributed by atoms with Crippen molar-refractivity contribution in [3.8, 4) is 0 Å². The monoisotopic (exact) mass is 358 g/mol. The number of benzene rings is 2. The Kier molecular flexibility index (Phi) is 3.96. The Morgan fingerprint density at radius 3 is 2.40 bits per heavy atom. The molecule has 2 aromatic carbocycles. The van der Waals surface area contributed by atoms with Gasteiger partial charge < -0.3 is 5.11 Å². The van der Waals surface area contributed by atoms with Crippen molar-refractivity contribution in [3.05, 3.63) is 65.7 Å². The number of sulfonamides is 1. The molecule has 0 aromatic heterocycles. The SMILES string of the molecule is Cc1ccc(S(=O)(=O)N2CCN3CC(O)(c4ccccc4)C3C2)cc1. The summed E-state index contributed by atoms with van der Waals surface area (Å²) in [5.41, 5.74) is 0.898. The highest BCUT2D eigenvalue weighted by molar-refractivity contribution is 7.89. The van der Waals surface area contributed by atoms with Gasteiger partial charge in [-0.25, -0.2) is 8.42 Å². The fourth-order valence-corrected chi connectivity index (χ4v) is 5.27. The molecule has 25 heavy (non-hydrogen) atoms. The maximum absolute atomic E-state index is 12.9. The summed E-state index contributed by atoms with van der Waals surface area (Å²) >= 11 is 0. The van der Waals surface area contributed by atoms with Gasteiger partial charge in [-0.05, 0) is 24.6 Å². The molecule has 0 radical (unpaired) electrons. The van der Waals surface area contributed by atoms with Crippen LogP contribution in [0.4, 0.5) is 0 Å². The highest BCUT2D eigenvalue weighted by Gasteiger charge is 2.55. The summed E-state index contributed by atoms with van der Waals surface area (Å²) in [5.74, 6) is 0. The number of piperazine rings is 1. The molecule has 2 fully saturated rings. The zero-order chi connectivity index (χ0) is 17.7. The van der Waals surface area contributed by atoms with Gasteiger partial charge in [0, 0.05) is 26.2 Å². The van der Waals surface area contributed by atoms with E-state index in [0.717, 1.165) is 11.1 Å². The number of hydrogen-bond donors (Lipinski definition) is 1. The fourth-order valence-electron chi connectivity index (χ4n) is 3.83. The molecule has 4 rings (SSSR count). The van der Waals surface area contributed by atoms with Crippen LogP contribution in [0.25, 0.3) is 0 Å². The Morgan fingerprint density at radius 1 is 1.04 bits per heavy atom. The van der Waals surface area contributed by atoms with Crippen LogP contribution in [0, 0.1) is 6.92 Å². The molecule has 0 aliphatic carbocycles. The minimum Gasteiger partial charge on any atom is -0.382 e. The Morgan fingerprint density at radius 2 is 1.72 bits per heavy atom. The number of nitrogens with zero attached hydrogens (tertiary/aromatic N) is 2. The second-order valence-corrected chi connectivity index (χ2v) is 8.89. The average Bonchev–Trinajstić information content (AvgIpc) is 2.61. The van der Waals surface area contributed by atoms with Crippen LogP contribution in [0.2, 0.25) is 0 Å². The summed E-state index contributed by atoms with van der Waals surface area (Å²) in [4.78, 5) is 2.47. The first-order valence-electron chi connectivity index (χ1n) is 8.50. The van der Waals surface area contributed by atoms with Crippen LogP contribution in [0.5, 0.6) is 0 Å². The van der Waals surface area contributed by atoms with Crippen molar-refractivity contribution in [2.75, 3.05) is 26.2 Å². The van der Waals surface area contributed by atoms with Crippen molar-refractivity contribution >= 4 is 10.0 Å². The topological polar surface area (TPSA) is 60.9 Å². The van der Waals surface area contributed by atoms with E-state index < -0.39 is 15.6 Å². The molecule has 132 valence electrons. The van der Waals surface area contributed by atoms with Crippen molar-refractivity contribution in [1.29, 1.82) is 0 Å². The zero-order valence-corrected chi connectivity index (χ0v) is 15.0. The number of aliphatic hydroxyl groups is 1. The summed E-state index contributed by atoms with van der Waals surface area (Å²) < 4.78 is 27.4. The third-order valence-electron chi connectivity index (χ3n) is 5.38. The van der Waals surface area contributed by atoms with Gasteiger partial charge in [0.25, 0.3) is 0 Å². The molecule has 1 N–H and O–H groups in total. The molecule has 0 bridgehead atoms. The zero-order valence-electron chi connectivity index (χ0n) is 14.2. The first-order chi connectivity index (χ1) is 11.9. The largest absolute Gasteiger partial charge is 0.382 e. The summed E-state index contributed by atoms with van der Waals surface area (Å²) in [6.45, 7) is 3.90. The van der Waals surface area contributed by atoms with Gasteiger partial charge in [-0.2, -0.15) is 4.31 Å². The normalized spacial score (nSPS) is 27.5. The Balaban J connectivity index is 1.59. The highest BCUT2D eigenvalue weighted by Crippen LogP contribution is 2.41. The standard InChI is InChI=1S/C19H22N2O3S/c1-15-7-9-17(10-8-15)25(23,24)21-12-11-20-14-19(22,18(20)13-21)16-5-3-2-4-6-16/h2-10,18,22H,11-14H2,1H3. The fraction of sp³-hybridized carbons (Fsp3) is 0.368. The second kappa shape index (κ2) is 5.92. The minimum absolute atomic E-state index is 0.205. The molecule has 2 aliphatic rings. The summed E-state index contributed by atoms with van der Waals surface area (Å²) in [6.07, 6.45) is 0. The minimum atomic E-state index is -3.54. The van der Waals surface area contributed by atoms with E-state index in [4.69, 9.17) is 0 Å². The van der Waals surface area contributed by atoms with Crippen LogP contribution in [0.15, 0.2) is 59.5 Å². The van der Waals surface area contributed by atoms with E-state index in [9.17, 15) is 13.5 Å². The molecule has 0 spiro atoms. The third kappa shape index (κ3) is 2.69. The quantitative estimate of drug-likeness (QED) is 0.905. The molecule has 0 amide bonds. The van der Waals surface area contributed by atoms with Crippen LogP contribution in [0.1, 0.15) is 11.1 Å². The van der Waals surface area contributed by atoms with Gasteiger partial charge >= 0.3 is 0 Å². The van der Waals surface area contributed by atoms with Crippen molar-refractivity contribution in [3.63, 3.8) is 0 Å². The molecule has 2 aromatic rings. The van der Waals surface area contributed by atoms with Gasteiger partial charge in [-0.1, -0.05) is 48.0 Å². The van der Waals surface area contributed by atoms with Crippen LogP contribution in [-0.2, 0) is 15.6 Å². The smallest absolute Gasteiger partial charge is 0.243 e. The molecule has 2 atom stereocenters. The predicted octanol–water partition coefficient (Wildman–Crippen LogP) is 1.57. The number of fused-ring (bicyclic) bond motifs is 1. The molecular weight excluding hydrogens is 336 g/mol. The van der Waals surface area contributed by atoms with E-state index in [1.807, 2.05) is 49.4 Å². The molecular formula is C19H22N2O3S. The van der Waals surface area contributed by atoms with Gasteiger partial charge in [0.2, 0.25) is 10.0 Å². The van der Waals surface area contributed by atoms with Crippen molar-refractivity contribution < 1.29 is 13.5 Å². The lowest BCUT2D eigenvalue weighted by atomic mass is 9.76. The van der Waals surface area contributed by atoms with Gasteiger partial charge in [0.1, 0.15) is 5.60 Å². The van der Waals surface area contributed by atoms with Gasteiger partial charge in [-0.15, -0.1) is 0 Å². The van der Waals surface area contributed by atoms with Gasteiger partial charge in [0.15, 0.2) is 0 Å². The van der Waals surface area contributed by atoms with Crippen molar-refractivity contribution in [2.24, 2.45) is 0 Å². The Labute approximate surface area is 148 Å². The van der Waals surface area contributed by atoms with E-state index in [-0.39, 0.29) is 6.04 Å². The van der Waals surface area contributed by atoms with Gasteiger partial charge in [0.05, 0.1) is 10.9 Å². The van der Waals surface area contributed by atoms with Crippen LogP contribution < -0.4 is 0 Å². The van der Waals surface area contributed by atoms with Crippen LogP contribution in [0.3, 0.4) is 0 Å². The van der Waals surface area contributed by atoms with E-state index in [2.05, 4.69) is 4.90 Å². The molecule has 2 aliphatic heterocycles. The lowest BCUT2D eigenvalue weighted by Gasteiger charge is -2.58.